The zero-order valence-electron chi connectivity index (χ0n) is 6.99. The summed E-state index contributed by atoms with van der Waals surface area (Å²) in [5.74, 6) is -0.466. The first-order valence-electron chi connectivity index (χ1n) is 3.99. The van der Waals surface area contributed by atoms with Crippen molar-refractivity contribution in [1.82, 2.24) is 0 Å². The molecule has 0 radical (unpaired) electrons. The van der Waals surface area contributed by atoms with Crippen LogP contribution in [0.1, 0.15) is 6.42 Å². The Morgan fingerprint density at radius 2 is 2.15 bits per heavy atom. The van der Waals surface area contributed by atoms with Gasteiger partial charge in [0.2, 0.25) is 0 Å². The van der Waals surface area contributed by atoms with Crippen molar-refractivity contribution in [1.29, 1.82) is 0 Å². The van der Waals surface area contributed by atoms with Crippen LogP contribution in [-0.2, 0) is 0 Å². The summed E-state index contributed by atoms with van der Waals surface area (Å²) in [6.07, 6.45) is 0.396. The number of alkyl halides is 1. The Labute approximate surface area is 80.7 Å². The molecule has 0 bridgehead atoms. The molecule has 0 atom stereocenters. The Hall–Kier alpha value is -0.830. The van der Waals surface area contributed by atoms with Gasteiger partial charge >= 0.3 is 0 Å². The number of rotatable bonds is 4. The van der Waals surface area contributed by atoms with Crippen molar-refractivity contribution in [3.8, 4) is 0 Å². The molecule has 0 saturated carbocycles. The lowest BCUT2D eigenvalue weighted by molar-refractivity contribution is 0.481. The van der Waals surface area contributed by atoms with E-state index in [2.05, 4.69) is 5.32 Å². The molecule has 0 amide bonds. The molecular formula is C9H10ClF2N. The lowest BCUT2D eigenvalue weighted by Gasteiger charge is -2.06. The van der Waals surface area contributed by atoms with Crippen LogP contribution in [0.2, 0.25) is 5.02 Å². The van der Waals surface area contributed by atoms with Gasteiger partial charge in [-0.25, -0.2) is 4.39 Å². The van der Waals surface area contributed by atoms with Crippen LogP contribution in [-0.4, -0.2) is 13.2 Å². The molecule has 0 aliphatic heterocycles. The Morgan fingerprint density at radius 3 is 2.85 bits per heavy atom. The average Bonchev–Trinajstić information content (AvgIpc) is 2.13. The summed E-state index contributed by atoms with van der Waals surface area (Å²) in [5, 5.41) is 2.90. The second-order valence-electron chi connectivity index (χ2n) is 2.57. The van der Waals surface area contributed by atoms with Crippen LogP contribution in [0, 0.1) is 5.82 Å². The number of hydrogen-bond donors (Lipinski definition) is 1. The highest BCUT2D eigenvalue weighted by molar-refractivity contribution is 6.33. The summed E-state index contributed by atoms with van der Waals surface area (Å²) in [6.45, 7) is 0.0691. The lowest BCUT2D eigenvalue weighted by atomic mass is 10.3. The minimum atomic E-state index is -0.466. The summed E-state index contributed by atoms with van der Waals surface area (Å²) >= 11 is 5.64. The van der Waals surface area contributed by atoms with Gasteiger partial charge in [-0.05, 0) is 18.6 Å². The summed E-state index contributed by atoms with van der Waals surface area (Å²) < 4.78 is 24.6. The first-order valence-corrected chi connectivity index (χ1v) is 4.37. The topological polar surface area (TPSA) is 12.0 Å². The first kappa shape index (κ1) is 10.3. The fraction of sp³-hybridized carbons (Fsp3) is 0.333. The van der Waals surface area contributed by atoms with Crippen LogP contribution in [0.15, 0.2) is 18.2 Å². The average molecular weight is 206 g/mol. The molecule has 1 N–H and O–H groups in total. The van der Waals surface area contributed by atoms with Crippen LogP contribution in [0.3, 0.4) is 0 Å². The van der Waals surface area contributed by atoms with E-state index in [1.165, 1.54) is 6.07 Å². The van der Waals surface area contributed by atoms with Gasteiger partial charge in [0.05, 0.1) is 17.4 Å². The minimum absolute atomic E-state index is 0.0568. The van der Waals surface area contributed by atoms with E-state index in [1.54, 1.807) is 12.1 Å². The third kappa shape index (κ3) is 2.84. The monoisotopic (exact) mass is 205 g/mol. The van der Waals surface area contributed by atoms with Crippen molar-refractivity contribution in [2.75, 3.05) is 18.5 Å². The number of anilines is 1. The van der Waals surface area contributed by atoms with Crippen molar-refractivity contribution >= 4 is 17.3 Å². The summed E-state index contributed by atoms with van der Waals surface area (Å²) in [5.41, 5.74) is 0.509. The van der Waals surface area contributed by atoms with Crippen LogP contribution >= 0.6 is 11.6 Å². The van der Waals surface area contributed by atoms with Gasteiger partial charge in [-0.2, -0.15) is 0 Å². The summed E-state index contributed by atoms with van der Waals surface area (Å²) in [4.78, 5) is 0. The predicted molar refractivity (Wildman–Crippen MR) is 50.5 cm³/mol. The molecular weight excluding hydrogens is 196 g/mol. The van der Waals surface area contributed by atoms with Crippen molar-refractivity contribution in [2.24, 2.45) is 0 Å². The maximum Gasteiger partial charge on any atom is 0.143 e. The van der Waals surface area contributed by atoms with Crippen molar-refractivity contribution in [3.63, 3.8) is 0 Å². The molecule has 72 valence electrons. The van der Waals surface area contributed by atoms with Gasteiger partial charge in [-0.3, -0.25) is 4.39 Å². The number of nitrogens with one attached hydrogen (secondary N) is 1. The summed E-state index contributed by atoms with van der Waals surface area (Å²) in [7, 11) is 0. The highest BCUT2D eigenvalue weighted by atomic mass is 35.5. The third-order valence-corrected chi connectivity index (χ3v) is 1.96. The van der Waals surface area contributed by atoms with E-state index in [9.17, 15) is 8.78 Å². The lowest BCUT2D eigenvalue weighted by Crippen LogP contribution is -2.03. The number of hydrogen-bond acceptors (Lipinski definition) is 1. The summed E-state index contributed by atoms with van der Waals surface area (Å²) in [6, 6.07) is 4.49. The van der Waals surface area contributed by atoms with Gasteiger partial charge in [0, 0.05) is 6.54 Å². The predicted octanol–water partition coefficient (Wildman–Crippen LogP) is 3.25. The van der Waals surface area contributed by atoms with Crippen LogP contribution in [0.5, 0.6) is 0 Å². The maximum atomic E-state index is 12.8. The van der Waals surface area contributed by atoms with Crippen LogP contribution in [0.25, 0.3) is 0 Å². The quantitative estimate of drug-likeness (QED) is 0.744. The van der Waals surface area contributed by atoms with Gasteiger partial charge in [0.1, 0.15) is 5.82 Å². The van der Waals surface area contributed by atoms with Crippen molar-refractivity contribution in [3.05, 3.63) is 29.0 Å². The zero-order chi connectivity index (χ0) is 9.68. The number of benzene rings is 1. The van der Waals surface area contributed by atoms with Gasteiger partial charge in [0.15, 0.2) is 0 Å². The molecule has 4 heteroatoms. The molecule has 0 unspecified atom stereocenters. The molecule has 0 spiro atoms. The van der Waals surface area contributed by atoms with E-state index < -0.39 is 5.82 Å². The van der Waals surface area contributed by atoms with Gasteiger partial charge in [-0.1, -0.05) is 17.7 Å². The van der Waals surface area contributed by atoms with E-state index in [0.29, 0.717) is 18.7 Å². The van der Waals surface area contributed by atoms with Crippen molar-refractivity contribution in [2.45, 2.75) is 6.42 Å². The normalized spacial score (nSPS) is 10.1. The van der Waals surface area contributed by atoms with E-state index in [4.69, 9.17) is 11.6 Å². The van der Waals surface area contributed by atoms with Crippen molar-refractivity contribution < 1.29 is 8.78 Å². The van der Waals surface area contributed by atoms with E-state index in [0.717, 1.165) is 0 Å². The second kappa shape index (κ2) is 5.02. The largest absolute Gasteiger partial charge is 0.384 e. The highest BCUT2D eigenvalue weighted by Gasteiger charge is 2.03. The molecule has 1 aromatic rings. The SMILES string of the molecule is FCCCNc1cccc(F)c1Cl. The number of halogens is 3. The Morgan fingerprint density at radius 1 is 1.38 bits per heavy atom. The Balaban J connectivity index is 2.61. The maximum absolute atomic E-state index is 12.8. The first-order chi connectivity index (χ1) is 6.25. The van der Waals surface area contributed by atoms with E-state index >= 15 is 0 Å². The molecule has 1 rings (SSSR count). The third-order valence-electron chi connectivity index (χ3n) is 1.58. The Bertz CT molecular complexity index is 278. The molecule has 1 aromatic carbocycles. The van der Waals surface area contributed by atoms with Crippen LogP contribution in [0.4, 0.5) is 14.5 Å². The standard InChI is InChI=1S/C9H10ClF2N/c10-9-7(12)3-1-4-8(9)13-6-2-5-11/h1,3-4,13H,2,5-6H2. The molecule has 0 saturated heterocycles. The minimum Gasteiger partial charge on any atom is -0.384 e. The molecule has 0 heterocycles. The highest BCUT2D eigenvalue weighted by Crippen LogP contribution is 2.24. The van der Waals surface area contributed by atoms with E-state index in [1.807, 2.05) is 0 Å². The molecule has 1 nitrogen and oxygen atoms in total. The van der Waals surface area contributed by atoms with Gasteiger partial charge in [-0.15, -0.1) is 0 Å². The van der Waals surface area contributed by atoms with E-state index in [-0.39, 0.29) is 11.7 Å². The molecule has 0 aliphatic carbocycles. The second-order valence-corrected chi connectivity index (χ2v) is 2.95. The zero-order valence-corrected chi connectivity index (χ0v) is 7.74. The van der Waals surface area contributed by atoms with Gasteiger partial charge < -0.3 is 5.32 Å². The fourth-order valence-electron chi connectivity index (χ4n) is 0.930. The smallest absolute Gasteiger partial charge is 0.143 e. The Kier molecular flexibility index (Phi) is 3.96. The molecule has 0 fully saturated rings. The molecule has 0 aromatic heterocycles. The molecule has 13 heavy (non-hydrogen) atoms. The van der Waals surface area contributed by atoms with Crippen LogP contribution < -0.4 is 5.32 Å². The fourth-order valence-corrected chi connectivity index (χ4v) is 1.12. The molecule has 0 aliphatic rings. The van der Waals surface area contributed by atoms with Gasteiger partial charge in [0.25, 0.3) is 0 Å².